The molecule has 4 nitrogen and oxygen atoms in total. The van der Waals surface area contributed by atoms with Crippen LogP contribution in [0.2, 0.25) is 0 Å². The molecule has 21 heavy (non-hydrogen) atoms. The van der Waals surface area contributed by atoms with Gasteiger partial charge < -0.3 is 14.7 Å². The number of ether oxygens (including phenoxy) is 1. The van der Waals surface area contributed by atoms with Crippen LogP contribution in [-0.4, -0.2) is 36.9 Å². The van der Waals surface area contributed by atoms with Gasteiger partial charge in [-0.3, -0.25) is 0 Å². The van der Waals surface area contributed by atoms with Crippen LogP contribution in [0, 0.1) is 0 Å². The van der Waals surface area contributed by atoms with Gasteiger partial charge in [0.05, 0.1) is 11.7 Å². The zero-order chi connectivity index (χ0) is 15.5. The molecule has 1 aromatic carbocycles. The fourth-order valence-electron chi connectivity index (χ4n) is 2.44. The average Bonchev–Trinajstić information content (AvgIpc) is 2.45. The highest BCUT2D eigenvalue weighted by Gasteiger charge is 2.35. The first-order valence-electron chi connectivity index (χ1n) is 6.62. The van der Waals surface area contributed by atoms with E-state index in [4.69, 9.17) is 9.84 Å². The Labute approximate surface area is 120 Å². The lowest BCUT2D eigenvalue weighted by molar-refractivity contribution is -0.144. The minimum absolute atomic E-state index is 0.168. The van der Waals surface area contributed by atoms with Crippen LogP contribution in [0.25, 0.3) is 0 Å². The molecule has 0 aliphatic carbocycles. The van der Waals surface area contributed by atoms with Crippen molar-refractivity contribution in [3.05, 3.63) is 29.8 Å². The summed E-state index contributed by atoms with van der Waals surface area (Å²) in [6.45, 7) is 0.457. The first-order chi connectivity index (χ1) is 9.88. The molecule has 0 bridgehead atoms. The molecule has 116 valence electrons. The minimum Gasteiger partial charge on any atom is -0.480 e. The van der Waals surface area contributed by atoms with E-state index in [1.54, 1.807) is 11.0 Å². The van der Waals surface area contributed by atoms with Gasteiger partial charge in [0.2, 0.25) is 0 Å². The lowest BCUT2D eigenvalue weighted by Crippen LogP contribution is -2.38. The summed E-state index contributed by atoms with van der Waals surface area (Å²) in [6.07, 6.45) is -3.57. The van der Waals surface area contributed by atoms with Crippen molar-refractivity contribution in [2.24, 2.45) is 0 Å². The molecule has 0 spiro atoms. The number of alkyl halides is 3. The van der Waals surface area contributed by atoms with Gasteiger partial charge in [-0.05, 0) is 25.0 Å². The molecule has 1 aromatic rings. The average molecular weight is 303 g/mol. The summed E-state index contributed by atoms with van der Waals surface area (Å²) in [4.78, 5) is 12.1. The number of carboxylic acid groups (broad SMARTS) is 1. The summed E-state index contributed by atoms with van der Waals surface area (Å²) in [6, 6.07) is 5.48. The number of carboxylic acids is 1. The van der Waals surface area contributed by atoms with E-state index >= 15 is 0 Å². The highest BCUT2D eigenvalue weighted by Crippen LogP contribution is 2.37. The topological polar surface area (TPSA) is 49.8 Å². The van der Waals surface area contributed by atoms with Crippen LogP contribution in [0.1, 0.15) is 18.4 Å². The Morgan fingerprint density at radius 2 is 1.90 bits per heavy atom. The Morgan fingerprint density at radius 3 is 2.48 bits per heavy atom. The molecule has 7 heteroatoms. The normalized spacial score (nSPS) is 17.0. The first-order valence-corrected chi connectivity index (χ1v) is 6.62. The molecule has 0 amide bonds. The smallest absolute Gasteiger partial charge is 0.418 e. The minimum atomic E-state index is -4.38. The number of rotatable bonds is 4. The Kier molecular flexibility index (Phi) is 4.72. The van der Waals surface area contributed by atoms with Gasteiger partial charge in [0, 0.05) is 18.8 Å². The van der Waals surface area contributed by atoms with E-state index in [0.29, 0.717) is 25.9 Å². The Morgan fingerprint density at radius 1 is 1.29 bits per heavy atom. The molecule has 2 rings (SSSR count). The standard InChI is InChI=1S/C14H16F3NO3/c15-14(16,17)11-3-1-2-4-12(11)18-7-5-10(6-8-18)21-9-13(19)20/h1-4,10H,5-9H2,(H,19,20). The van der Waals surface area contributed by atoms with E-state index in [9.17, 15) is 18.0 Å². The van der Waals surface area contributed by atoms with Gasteiger partial charge in [-0.15, -0.1) is 0 Å². The molecule has 0 saturated carbocycles. The van der Waals surface area contributed by atoms with Gasteiger partial charge in [-0.1, -0.05) is 12.1 Å². The highest BCUT2D eigenvalue weighted by atomic mass is 19.4. The summed E-state index contributed by atoms with van der Waals surface area (Å²) in [5.74, 6) is -1.04. The molecule has 1 saturated heterocycles. The fraction of sp³-hybridized carbons (Fsp3) is 0.500. The summed E-state index contributed by atoms with van der Waals surface area (Å²) in [5.41, 5.74) is -0.475. The van der Waals surface area contributed by atoms with Crippen molar-refractivity contribution in [2.75, 3.05) is 24.6 Å². The molecule has 0 aromatic heterocycles. The molecule has 0 radical (unpaired) electrons. The van der Waals surface area contributed by atoms with Crippen LogP contribution in [-0.2, 0) is 15.7 Å². The van der Waals surface area contributed by atoms with E-state index < -0.39 is 17.7 Å². The van der Waals surface area contributed by atoms with Crippen molar-refractivity contribution in [1.82, 2.24) is 0 Å². The van der Waals surface area contributed by atoms with Crippen molar-refractivity contribution in [3.63, 3.8) is 0 Å². The Hall–Kier alpha value is -1.76. The number of hydrogen-bond acceptors (Lipinski definition) is 3. The molecular weight excluding hydrogens is 287 g/mol. The second-order valence-electron chi connectivity index (χ2n) is 4.91. The number of benzene rings is 1. The SMILES string of the molecule is O=C(O)COC1CCN(c2ccccc2C(F)(F)F)CC1. The van der Waals surface area contributed by atoms with Gasteiger partial charge in [0.15, 0.2) is 0 Å². The van der Waals surface area contributed by atoms with Crippen molar-refractivity contribution in [1.29, 1.82) is 0 Å². The lowest BCUT2D eigenvalue weighted by Gasteiger charge is -2.34. The Bertz CT molecular complexity index is 496. The molecule has 1 fully saturated rings. The maximum Gasteiger partial charge on any atom is 0.418 e. The molecule has 1 aliphatic heterocycles. The summed E-state index contributed by atoms with van der Waals surface area (Å²) in [5, 5.41) is 8.54. The van der Waals surface area contributed by atoms with Crippen molar-refractivity contribution in [3.8, 4) is 0 Å². The summed E-state index contributed by atoms with van der Waals surface area (Å²) < 4.78 is 44.1. The zero-order valence-electron chi connectivity index (χ0n) is 11.3. The van der Waals surface area contributed by atoms with E-state index in [-0.39, 0.29) is 18.4 Å². The third-order valence-electron chi connectivity index (χ3n) is 3.43. The monoisotopic (exact) mass is 303 g/mol. The number of hydrogen-bond donors (Lipinski definition) is 1. The number of para-hydroxylation sites is 1. The molecular formula is C14H16F3NO3. The lowest BCUT2D eigenvalue weighted by atomic mass is 10.0. The van der Waals surface area contributed by atoms with Crippen molar-refractivity contribution >= 4 is 11.7 Å². The van der Waals surface area contributed by atoms with Crippen LogP contribution >= 0.6 is 0 Å². The van der Waals surface area contributed by atoms with Crippen molar-refractivity contribution < 1.29 is 27.8 Å². The van der Waals surface area contributed by atoms with Gasteiger partial charge in [0.25, 0.3) is 0 Å². The van der Waals surface area contributed by atoms with Gasteiger partial charge in [-0.2, -0.15) is 13.2 Å². The number of piperidine rings is 1. The second-order valence-corrected chi connectivity index (χ2v) is 4.91. The number of carbonyl (C=O) groups is 1. The van der Waals surface area contributed by atoms with Crippen LogP contribution in [0.3, 0.4) is 0 Å². The first kappa shape index (κ1) is 15.6. The third kappa shape index (κ3) is 4.10. The molecule has 1 aliphatic rings. The van der Waals surface area contributed by atoms with Gasteiger partial charge in [0.1, 0.15) is 6.61 Å². The van der Waals surface area contributed by atoms with E-state index in [1.807, 2.05) is 0 Å². The Balaban J connectivity index is 2.01. The molecule has 0 atom stereocenters. The highest BCUT2D eigenvalue weighted by molar-refractivity contribution is 5.68. The molecule has 0 unspecified atom stereocenters. The summed E-state index contributed by atoms with van der Waals surface area (Å²) >= 11 is 0. The summed E-state index contributed by atoms with van der Waals surface area (Å²) in [7, 11) is 0. The fourth-order valence-corrected chi connectivity index (χ4v) is 2.44. The number of aliphatic carboxylic acids is 1. The van der Waals surface area contributed by atoms with Crippen molar-refractivity contribution in [2.45, 2.75) is 25.1 Å². The largest absolute Gasteiger partial charge is 0.480 e. The maximum atomic E-state index is 13.0. The quantitative estimate of drug-likeness (QED) is 0.929. The van der Waals surface area contributed by atoms with E-state index in [1.165, 1.54) is 12.1 Å². The predicted octanol–water partition coefficient (Wildman–Crippen LogP) is 2.78. The van der Waals surface area contributed by atoms with E-state index in [0.717, 1.165) is 6.07 Å². The van der Waals surface area contributed by atoms with E-state index in [2.05, 4.69) is 0 Å². The number of halogens is 3. The third-order valence-corrected chi connectivity index (χ3v) is 3.43. The zero-order valence-corrected chi connectivity index (χ0v) is 11.3. The second kappa shape index (κ2) is 6.34. The van der Waals surface area contributed by atoms with Crippen LogP contribution in [0.5, 0.6) is 0 Å². The molecule has 1 heterocycles. The number of anilines is 1. The van der Waals surface area contributed by atoms with Gasteiger partial charge >= 0.3 is 12.1 Å². The molecule has 1 N–H and O–H groups in total. The van der Waals surface area contributed by atoms with Crippen LogP contribution in [0.15, 0.2) is 24.3 Å². The predicted molar refractivity (Wildman–Crippen MR) is 70.3 cm³/mol. The van der Waals surface area contributed by atoms with Crippen LogP contribution < -0.4 is 4.90 Å². The number of nitrogens with zero attached hydrogens (tertiary/aromatic N) is 1. The van der Waals surface area contributed by atoms with Crippen LogP contribution in [0.4, 0.5) is 18.9 Å². The maximum absolute atomic E-state index is 13.0. The van der Waals surface area contributed by atoms with Gasteiger partial charge in [-0.25, -0.2) is 4.79 Å².